The third kappa shape index (κ3) is 3.34. The lowest BCUT2D eigenvalue weighted by molar-refractivity contribution is 1.19. The minimum absolute atomic E-state index is 0.935. The Morgan fingerprint density at radius 2 is 1.29 bits per heavy atom. The summed E-state index contributed by atoms with van der Waals surface area (Å²) in [6, 6.07) is 33.9. The van der Waals surface area contributed by atoms with Gasteiger partial charge in [0.2, 0.25) is 0 Å². The zero-order chi connectivity index (χ0) is 23.2. The number of benzene rings is 4. The summed E-state index contributed by atoms with van der Waals surface area (Å²) in [4.78, 5) is 15.4. The second kappa shape index (κ2) is 8.19. The van der Waals surface area contributed by atoms with E-state index in [0.717, 1.165) is 32.2 Å². The summed E-state index contributed by atoms with van der Waals surface area (Å²) in [6.07, 6.45) is 5.69. The normalized spacial score (nSPS) is 11.5. The molecule has 7 rings (SSSR count). The average Bonchev–Trinajstić information content (AvgIpc) is 2.93. The van der Waals surface area contributed by atoms with E-state index in [1.54, 1.807) is 11.8 Å². The zero-order valence-electron chi connectivity index (χ0n) is 18.7. The molecule has 7 aromatic rings. The molecule has 0 amide bonds. The van der Waals surface area contributed by atoms with Gasteiger partial charge < -0.3 is 0 Å². The summed E-state index contributed by atoms with van der Waals surface area (Å²) in [5, 5.41) is 7.91. The molecule has 4 heteroatoms. The van der Waals surface area contributed by atoms with Gasteiger partial charge in [0.05, 0.1) is 11.0 Å². The first kappa shape index (κ1) is 20.1. The van der Waals surface area contributed by atoms with Crippen molar-refractivity contribution in [2.75, 3.05) is 0 Å². The van der Waals surface area contributed by atoms with Gasteiger partial charge in [0.1, 0.15) is 5.03 Å². The smallest absolute Gasteiger partial charge is 0.102 e. The van der Waals surface area contributed by atoms with Crippen molar-refractivity contribution in [2.24, 2.45) is 0 Å². The van der Waals surface area contributed by atoms with Crippen LogP contribution in [0.1, 0.15) is 0 Å². The molecular formula is C31H19N3S. The van der Waals surface area contributed by atoms with E-state index in [2.05, 4.69) is 101 Å². The predicted octanol–water partition coefficient (Wildman–Crippen LogP) is 8.30. The molecule has 164 valence electrons. The van der Waals surface area contributed by atoms with Crippen molar-refractivity contribution in [3.8, 4) is 11.1 Å². The van der Waals surface area contributed by atoms with Crippen molar-refractivity contribution in [1.82, 2.24) is 15.0 Å². The summed E-state index contributed by atoms with van der Waals surface area (Å²) in [5.74, 6) is 0. The van der Waals surface area contributed by atoms with Crippen molar-refractivity contribution < 1.29 is 0 Å². The lowest BCUT2D eigenvalue weighted by Crippen LogP contribution is -1.91. The first-order valence-electron chi connectivity index (χ1n) is 11.5. The molecule has 4 aromatic carbocycles. The molecule has 0 saturated heterocycles. The molecule has 0 bridgehead atoms. The molecule has 0 saturated carbocycles. The molecule has 35 heavy (non-hydrogen) atoms. The van der Waals surface area contributed by atoms with Crippen LogP contribution in [0.15, 0.2) is 126 Å². The molecule has 0 unspecified atom stereocenters. The van der Waals surface area contributed by atoms with Crippen LogP contribution in [0.25, 0.3) is 54.5 Å². The van der Waals surface area contributed by atoms with Gasteiger partial charge in [0.25, 0.3) is 0 Å². The maximum atomic E-state index is 5.08. The van der Waals surface area contributed by atoms with Crippen LogP contribution in [0.5, 0.6) is 0 Å². The maximum absolute atomic E-state index is 5.08. The largest absolute Gasteiger partial charge is 0.264 e. The number of hydrogen-bond donors (Lipinski definition) is 0. The van der Waals surface area contributed by atoms with Gasteiger partial charge in [-0.15, -0.1) is 0 Å². The first-order chi connectivity index (χ1) is 17.4. The van der Waals surface area contributed by atoms with Gasteiger partial charge in [-0.3, -0.25) is 9.97 Å². The van der Waals surface area contributed by atoms with Crippen LogP contribution < -0.4 is 0 Å². The van der Waals surface area contributed by atoms with E-state index in [0.29, 0.717) is 0 Å². The Hall–Kier alpha value is -4.28. The van der Waals surface area contributed by atoms with Crippen LogP contribution in [0.2, 0.25) is 0 Å². The fourth-order valence-electron chi connectivity index (χ4n) is 4.87. The standard InChI is InChI=1S/C31H19N3S/c1-2-7-20(8-3-1)28-23-10-4-5-11-24(23)31(25-16-18-32-19-26(25)28)35-27-15-14-22-13-12-21-9-6-17-33-29(21)30(22)34-27/h1-19H. The van der Waals surface area contributed by atoms with Gasteiger partial charge in [-0.25, -0.2) is 4.98 Å². The van der Waals surface area contributed by atoms with Gasteiger partial charge in [-0.2, -0.15) is 0 Å². The minimum Gasteiger partial charge on any atom is -0.264 e. The Bertz CT molecular complexity index is 1820. The van der Waals surface area contributed by atoms with E-state index in [1.807, 2.05) is 24.7 Å². The van der Waals surface area contributed by atoms with Crippen LogP contribution in [0.4, 0.5) is 0 Å². The molecule has 0 radical (unpaired) electrons. The van der Waals surface area contributed by atoms with Crippen molar-refractivity contribution in [3.05, 3.63) is 116 Å². The van der Waals surface area contributed by atoms with Crippen molar-refractivity contribution in [3.63, 3.8) is 0 Å². The van der Waals surface area contributed by atoms with E-state index in [4.69, 9.17) is 4.98 Å². The van der Waals surface area contributed by atoms with Crippen LogP contribution in [0.3, 0.4) is 0 Å². The highest BCUT2D eigenvalue weighted by Crippen LogP contribution is 2.44. The lowest BCUT2D eigenvalue weighted by Gasteiger charge is -2.16. The molecule has 0 aliphatic rings. The van der Waals surface area contributed by atoms with Gasteiger partial charge in [0, 0.05) is 39.6 Å². The highest BCUT2D eigenvalue weighted by atomic mass is 32.2. The Morgan fingerprint density at radius 1 is 0.543 bits per heavy atom. The fraction of sp³-hybridized carbons (Fsp3) is 0. The lowest BCUT2D eigenvalue weighted by atomic mass is 9.93. The molecule has 0 aliphatic carbocycles. The average molecular weight is 466 g/mol. The summed E-state index contributed by atoms with van der Waals surface area (Å²) in [6.45, 7) is 0. The van der Waals surface area contributed by atoms with E-state index < -0.39 is 0 Å². The second-order valence-corrected chi connectivity index (χ2v) is 9.53. The quantitative estimate of drug-likeness (QED) is 0.194. The van der Waals surface area contributed by atoms with E-state index >= 15 is 0 Å². The molecule has 0 aliphatic heterocycles. The highest BCUT2D eigenvalue weighted by Gasteiger charge is 2.17. The summed E-state index contributed by atoms with van der Waals surface area (Å²) in [7, 11) is 0. The third-order valence-corrected chi connectivity index (χ3v) is 7.53. The number of hydrogen-bond acceptors (Lipinski definition) is 4. The maximum Gasteiger partial charge on any atom is 0.102 e. The Balaban J connectivity index is 1.49. The van der Waals surface area contributed by atoms with Gasteiger partial charge in [-0.05, 0) is 45.5 Å². The topological polar surface area (TPSA) is 38.7 Å². The molecule has 0 fully saturated rings. The minimum atomic E-state index is 0.935. The molecule has 3 nitrogen and oxygen atoms in total. The number of nitrogens with zero attached hydrogens (tertiary/aromatic N) is 3. The number of fused-ring (bicyclic) bond motifs is 5. The SMILES string of the molecule is c1ccc(-c2c3ccccc3c(Sc3ccc4ccc5cccnc5c4n3)c3ccncc23)cc1. The number of aromatic nitrogens is 3. The molecular weight excluding hydrogens is 446 g/mol. The van der Waals surface area contributed by atoms with Crippen LogP contribution in [-0.2, 0) is 0 Å². The second-order valence-electron chi connectivity index (χ2n) is 8.50. The Morgan fingerprint density at radius 3 is 2.17 bits per heavy atom. The van der Waals surface area contributed by atoms with Gasteiger partial charge in [0.15, 0.2) is 0 Å². The molecule has 0 spiro atoms. The summed E-state index contributed by atoms with van der Waals surface area (Å²) >= 11 is 1.71. The molecule has 0 N–H and O–H groups in total. The highest BCUT2D eigenvalue weighted by molar-refractivity contribution is 7.99. The summed E-state index contributed by atoms with van der Waals surface area (Å²) in [5.41, 5.74) is 4.28. The molecule has 0 atom stereocenters. The Labute approximate surface area is 206 Å². The van der Waals surface area contributed by atoms with Crippen LogP contribution in [-0.4, -0.2) is 15.0 Å². The van der Waals surface area contributed by atoms with Crippen molar-refractivity contribution in [1.29, 1.82) is 0 Å². The van der Waals surface area contributed by atoms with E-state index in [-0.39, 0.29) is 0 Å². The van der Waals surface area contributed by atoms with Crippen molar-refractivity contribution in [2.45, 2.75) is 9.92 Å². The molecule has 3 heterocycles. The first-order valence-corrected chi connectivity index (χ1v) is 12.3. The number of rotatable bonds is 3. The monoisotopic (exact) mass is 465 g/mol. The fourth-order valence-corrected chi connectivity index (χ4v) is 5.93. The Kier molecular flexibility index (Phi) is 4.71. The molecule has 3 aromatic heterocycles. The van der Waals surface area contributed by atoms with Crippen molar-refractivity contribution >= 4 is 55.1 Å². The van der Waals surface area contributed by atoms with E-state index in [1.165, 1.54) is 32.2 Å². The van der Waals surface area contributed by atoms with Crippen LogP contribution in [0, 0.1) is 0 Å². The van der Waals surface area contributed by atoms with Gasteiger partial charge in [-0.1, -0.05) is 90.6 Å². The predicted molar refractivity (Wildman–Crippen MR) is 146 cm³/mol. The number of pyridine rings is 3. The summed E-state index contributed by atoms with van der Waals surface area (Å²) < 4.78 is 0. The third-order valence-electron chi connectivity index (χ3n) is 6.45. The van der Waals surface area contributed by atoms with Gasteiger partial charge >= 0.3 is 0 Å². The zero-order valence-corrected chi connectivity index (χ0v) is 19.5. The van der Waals surface area contributed by atoms with E-state index in [9.17, 15) is 0 Å². The van der Waals surface area contributed by atoms with Crippen LogP contribution >= 0.6 is 11.8 Å².